The molecule has 0 aliphatic carbocycles. The van der Waals surface area contributed by atoms with Crippen molar-refractivity contribution in [3.63, 3.8) is 0 Å². The predicted molar refractivity (Wildman–Crippen MR) is 104 cm³/mol. The number of nitrogens with one attached hydrogen (secondary N) is 1. The lowest BCUT2D eigenvalue weighted by Gasteiger charge is -2.11. The van der Waals surface area contributed by atoms with Gasteiger partial charge in [-0.2, -0.15) is 0 Å². The maximum Gasteiger partial charge on any atom is 0.328 e. The van der Waals surface area contributed by atoms with E-state index >= 15 is 0 Å². The zero-order valence-electron chi connectivity index (χ0n) is 15.6. The number of sulfonamides is 1. The molecule has 1 aromatic heterocycles. The Hall–Kier alpha value is -2.42. The first kappa shape index (κ1) is 19.3. The molecule has 1 heterocycles. The summed E-state index contributed by atoms with van der Waals surface area (Å²) in [4.78, 5) is 12.2. The summed E-state index contributed by atoms with van der Waals surface area (Å²) in [5.74, 6) is 0. The van der Waals surface area contributed by atoms with Crippen molar-refractivity contribution in [1.29, 1.82) is 0 Å². The molecule has 3 aromatic rings. The first-order valence-corrected chi connectivity index (χ1v) is 10.1. The smallest absolute Gasteiger partial charge is 0.328 e. The predicted octanol–water partition coefficient (Wildman–Crippen LogP) is 1.89. The summed E-state index contributed by atoms with van der Waals surface area (Å²) in [6, 6.07) is 12.2. The van der Waals surface area contributed by atoms with E-state index in [0.29, 0.717) is 24.2 Å². The minimum absolute atomic E-state index is 0.124. The SMILES string of the molecule is CCOCc1ccccc1CNS(=O)(=O)c1ccc2c(c1)n(C)c(=O)n2C. The summed E-state index contributed by atoms with van der Waals surface area (Å²) in [5, 5.41) is 0. The zero-order chi connectivity index (χ0) is 19.6. The van der Waals surface area contributed by atoms with E-state index in [2.05, 4.69) is 4.72 Å². The van der Waals surface area contributed by atoms with Gasteiger partial charge in [0, 0.05) is 27.2 Å². The van der Waals surface area contributed by atoms with Crippen LogP contribution in [-0.4, -0.2) is 24.2 Å². The summed E-state index contributed by atoms with van der Waals surface area (Å²) in [7, 11) is -0.440. The van der Waals surface area contributed by atoms with Gasteiger partial charge in [-0.3, -0.25) is 9.13 Å². The number of hydrogen-bond acceptors (Lipinski definition) is 4. The van der Waals surface area contributed by atoms with Crippen molar-refractivity contribution in [2.75, 3.05) is 6.61 Å². The van der Waals surface area contributed by atoms with Crippen molar-refractivity contribution in [2.45, 2.75) is 25.0 Å². The molecule has 0 atom stereocenters. The van der Waals surface area contributed by atoms with Gasteiger partial charge in [-0.25, -0.2) is 17.9 Å². The molecule has 7 nitrogen and oxygen atoms in total. The van der Waals surface area contributed by atoms with E-state index in [1.165, 1.54) is 21.3 Å². The molecule has 1 N–H and O–H groups in total. The number of imidazole rings is 1. The molecule has 0 bridgehead atoms. The molecule has 3 rings (SSSR count). The van der Waals surface area contributed by atoms with Crippen molar-refractivity contribution >= 4 is 21.1 Å². The minimum atomic E-state index is -3.72. The largest absolute Gasteiger partial charge is 0.377 e. The topological polar surface area (TPSA) is 82.3 Å². The molecule has 8 heteroatoms. The van der Waals surface area contributed by atoms with Crippen LogP contribution in [0.5, 0.6) is 0 Å². The van der Waals surface area contributed by atoms with Gasteiger partial charge in [-0.1, -0.05) is 24.3 Å². The number of rotatable bonds is 7. The third-order valence-electron chi connectivity index (χ3n) is 4.59. The monoisotopic (exact) mass is 389 g/mol. The number of aromatic nitrogens is 2. The Morgan fingerprint density at radius 1 is 1.00 bits per heavy atom. The lowest BCUT2D eigenvalue weighted by atomic mass is 10.1. The average Bonchev–Trinajstić information content (AvgIpc) is 2.89. The van der Waals surface area contributed by atoms with Crippen LogP contribution < -0.4 is 10.4 Å². The Morgan fingerprint density at radius 3 is 2.37 bits per heavy atom. The van der Waals surface area contributed by atoms with E-state index in [9.17, 15) is 13.2 Å². The first-order valence-electron chi connectivity index (χ1n) is 8.65. The van der Waals surface area contributed by atoms with Crippen LogP contribution in [-0.2, 0) is 42.0 Å². The van der Waals surface area contributed by atoms with E-state index in [1.54, 1.807) is 20.2 Å². The molecular weight excluding hydrogens is 366 g/mol. The summed E-state index contributed by atoms with van der Waals surface area (Å²) < 4.78 is 36.5. The highest BCUT2D eigenvalue weighted by Crippen LogP contribution is 2.18. The Morgan fingerprint density at radius 2 is 1.67 bits per heavy atom. The van der Waals surface area contributed by atoms with Crippen LogP contribution in [0.25, 0.3) is 11.0 Å². The third kappa shape index (κ3) is 3.83. The number of aryl methyl sites for hydroxylation is 2. The number of fused-ring (bicyclic) bond motifs is 1. The Labute approximate surface area is 158 Å². The van der Waals surface area contributed by atoms with Gasteiger partial charge in [0.25, 0.3) is 0 Å². The molecule has 2 aromatic carbocycles. The first-order chi connectivity index (χ1) is 12.8. The van der Waals surface area contributed by atoms with Crippen LogP contribution in [0.2, 0.25) is 0 Å². The van der Waals surface area contributed by atoms with Crippen LogP contribution in [0.15, 0.2) is 52.2 Å². The van der Waals surface area contributed by atoms with E-state index in [-0.39, 0.29) is 17.1 Å². The van der Waals surface area contributed by atoms with Gasteiger partial charge < -0.3 is 4.74 Å². The third-order valence-corrected chi connectivity index (χ3v) is 5.99. The minimum Gasteiger partial charge on any atom is -0.377 e. The lowest BCUT2D eigenvalue weighted by molar-refractivity contribution is 0.133. The molecule has 0 aliphatic rings. The van der Waals surface area contributed by atoms with Crippen molar-refractivity contribution in [3.05, 3.63) is 64.1 Å². The normalized spacial score (nSPS) is 12.0. The van der Waals surface area contributed by atoms with Crippen molar-refractivity contribution in [2.24, 2.45) is 14.1 Å². The molecule has 144 valence electrons. The van der Waals surface area contributed by atoms with Gasteiger partial charge in [-0.05, 0) is 36.2 Å². The molecule has 0 unspecified atom stereocenters. The highest BCUT2D eigenvalue weighted by atomic mass is 32.2. The van der Waals surface area contributed by atoms with E-state index in [4.69, 9.17) is 4.74 Å². The number of ether oxygens (including phenoxy) is 1. The highest BCUT2D eigenvalue weighted by Gasteiger charge is 2.17. The van der Waals surface area contributed by atoms with Crippen LogP contribution >= 0.6 is 0 Å². The van der Waals surface area contributed by atoms with Crippen molar-refractivity contribution < 1.29 is 13.2 Å². The molecule has 0 spiro atoms. The Kier molecular flexibility index (Phi) is 5.50. The fraction of sp³-hybridized carbons (Fsp3) is 0.316. The summed E-state index contributed by atoms with van der Waals surface area (Å²) in [6.07, 6.45) is 0. The highest BCUT2D eigenvalue weighted by molar-refractivity contribution is 7.89. The average molecular weight is 389 g/mol. The second kappa shape index (κ2) is 7.67. The van der Waals surface area contributed by atoms with Gasteiger partial charge in [0.15, 0.2) is 0 Å². The molecule has 0 fully saturated rings. The van der Waals surface area contributed by atoms with Gasteiger partial charge in [0.05, 0.1) is 22.5 Å². The number of benzene rings is 2. The molecule has 0 aliphatic heterocycles. The fourth-order valence-corrected chi connectivity index (χ4v) is 4.02. The quantitative estimate of drug-likeness (QED) is 0.669. The Bertz CT molecular complexity index is 1130. The van der Waals surface area contributed by atoms with Gasteiger partial charge >= 0.3 is 5.69 Å². The molecular formula is C19H23N3O4S. The molecule has 0 saturated heterocycles. The molecule has 27 heavy (non-hydrogen) atoms. The van der Waals surface area contributed by atoms with Crippen LogP contribution in [0.1, 0.15) is 18.1 Å². The van der Waals surface area contributed by atoms with Crippen molar-refractivity contribution in [3.8, 4) is 0 Å². The van der Waals surface area contributed by atoms with E-state index in [1.807, 2.05) is 31.2 Å². The van der Waals surface area contributed by atoms with Crippen LogP contribution in [0.4, 0.5) is 0 Å². The lowest BCUT2D eigenvalue weighted by Crippen LogP contribution is -2.24. The summed E-state index contributed by atoms with van der Waals surface area (Å²) >= 11 is 0. The second-order valence-corrected chi connectivity index (χ2v) is 8.05. The van der Waals surface area contributed by atoms with E-state index in [0.717, 1.165) is 11.1 Å². The maximum absolute atomic E-state index is 12.7. The molecule has 0 amide bonds. The van der Waals surface area contributed by atoms with Crippen molar-refractivity contribution in [1.82, 2.24) is 13.9 Å². The van der Waals surface area contributed by atoms with Crippen LogP contribution in [0.3, 0.4) is 0 Å². The fourth-order valence-electron chi connectivity index (χ4n) is 2.99. The van der Waals surface area contributed by atoms with E-state index < -0.39 is 10.0 Å². The van der Waals surface area contributed by atoms with Gasteiger partial charge in [0.1, 0.15) is 0 Å². The van der Waals surface area contributed by atoms with Gasteiger partial charge in [0.2, 0.25) is 10.0 Å². The second-order valence-electron chi connectivity index (χ2n) is 6.28. The van der Waals surface area contributed by atoms with Gasteiger partial charge in [-0.15, -0.1) is 0 Å². The molecule has 0 radical (unpaired) electrons. The Balaban J connectivity index is 1.87. The summed E-state index contributed by atoms with van der Waals surface area (Å²) in [6.45, 7) is 3.11. The van der Waals surface area contributed by atoms with Crippen LogP contribution in [0, 0.1) is 0 Å². The number of hydrogen-bond donors (Lipinski definition) is 1. The maximum atomic E-state index is 12.7. The standard InChI is InChI=1S/C19H23N3O4S/c1-4-26-13-15-8-6-5-7-14(15)12-20-27(24,25)16-9-10-17-18(11-16)22(3)19(23)21(17)2/h5-11,20H,4,12-13H2,1-3H3. The summed E-state index contributed by atoms with van der Waals surface area (Å²) in [5.41, 5.74) is 2.87. The number of nitrogens with zero attached hydrogens (tertiary/aromatic N) is 2. The molecule has 0 saturated carbocycles. The zero-order valence-corrected chi connectivity index (χ0v) is 16.4.